The van der Waals surface area contributed by atoms with E-state index in [9.17, 15) is 4.39 Å². The molecule has 0 unspecified atom stereocenters. The van der Waals surface area contributed by atoms with Crippen LogP contribution in [0.25, 0.3) is 11.3 Å². The fourth-order valence-electron chi connectivity index (χ4n) is 2.74. The summed E-state index contributed by atoms with van der Waals surface area (Å²) in [5.41, 5.74) is 2.16. The van der Waals surface area contributed by atoms with E-state index in [1.807, 2.05) is 32.3 Å². The molecule has 0 saturated carbocycles. The number of pyridine rings is 1. The smallest absolute Gasteiger partial charge is 0.225 e. The van der Waals surface area contributed by atoms with Crippen LogP contribution in [0.4, 0.5) is 21.8 Å². The Bertz CT molecular complexity index is 936. The predicted molar refractivity (Wildman–Crippen MR) is 113 cm³/mol. The number of benzene rings is 1. The van der Waals surface area contributed by atoms with Crippen molar-refractivity contribution in [3.8, 4) is 17.0 Å². The van der Waals surface area contributed by atoms with Gasteiger partial charge in [0.2, 0.25) is 5.95 Å². The van der Waals surface area contributed by atoms with Crippen molar-refractivity contribution < 1.29 is 9.13 Å². The molecule has 152 valence electrons. The van der Waals surface area contributed by atoms with Crippen LogP contribution in [0.3, 0.4) is 0 Å². The lowest BCUT2D eigenvalue weighted by molar-refractivity contribution is 0.386. The molecule has 0 radical (unpaired) electrons. The first kappa shape index (κ1) is 20.5. The maximum absolute atomic E-state index is 14.0. The maximum atomic E-state index is 14.0. The van der Waals surface area contributed by atoms with Crippen LogP contribution in [0.2, 0.25) is 0 Å². The minimum atomic E-state index is -0.443. The first-order valence-corrected chi connectivity index (χ1v) is 9.34. The van der Waals surface area contributed by atoms with E-state index in [1.165, 1.54) is 13.2 Å². The van der Waals surface area contributed by atoms with E-state index < -0.39 is 5.82 Å². The van der Waals surface area contributed by atoms with Crippen molar-refractivity contribution in [3.63, 3.8) is 0 Å². The molecule has 3 aromatic rings. The van der Waals surface area contributed by atoms with Gasteiger partial charge in [-0.2, -0.15) is 4.98 Å². The van der Waals surface area contributed by atoms with Crippen LogP contribution in [0, 0.1) is 5.82 Å². The summed E-state index contributed by atoms with van der Waals surface area (Å²) in [4.78, 5) is 15.4. The van der Waals surface area contributed by atoms with Crippen molar-refractivity contribution in [3.05, 3.63) is 54.6 Å². The van der Waals surface area contributed by atoms with Crippen LogP contribution in [0.1, 0.15) is 6.42 Å². The van der Waals surface area contributed by atoms with Crippen molar-refractivity contribution in [1.82, 2.24) is 19.9 Å². The highest BCUT2D eigenvalue weighted by Crippen LogP contribution is 2.26. The van der Waals surface area contributed by atoms with Gasteiger partial charge in [0, 0.05) is 42.3 Å². The average Bonchev–Trinajstić information content (AvgIpc) is 2.72. The molecule has 3 rings (SSSR count). The topological polar surface area (TPSA) is 75.2 Å². The van der Waals surface area contributed by atoms with Crippen LogP contribution < -0.4 is 15.4 Å². The normalized spacial score (nSPS) is 10.8. The zero-order chi connectivity index (χ0) is 20.6. The molecule has 8 heteroatoms. The molecular weight excluding hydrogens is 371 g/mol. The van der Waals surface area contributed by atoms with Gasteiger partial charge >= 0.3 is 0 Å². The summed E-state index contributed by atoms with van der Waals surface area (Å²) in [5.74, 6) is 0.804. The summed E-state index contributed by atoms with van der Waals surface area (Å²) in [6, 6.07) is 10.3. The third kappa shape index (κ3) is 5.86. The van der Waals surface area contributed by atoms with Crippen LogP contribution >= 0.6 is 0 Å². The number of methoxy groups -OCH3 is 1. The van der Waals surface area contributed by atoms with E-state index in [4.69, 9.17) is 4.74 Å². The summed E-state index contributed by atoms with van der Waals surface area (Å²) < 4.78 is 19.0. The van der Waals surface area contributed by atoms with Gasteiger partial charge in [0.15, 0.2) is 11.6 Å². The van der Waals surface area contributed by atoms with Gasteiger partial charge in [-0.3, -0.25) is 4.98 Å². The second-order valence-corrected chi connectivity index (χ2v) is 6.76. The number of hydrogen-bond acceptors (Lipinski definition) is 7. The van der Waals surface area contributed by atoms with E-state index in [-0.39, 0.29) is 5.75 Å². The molecule has 0 aliphatic heterocycles. The molecule has 0 amide bonds. The Morgan fingerprint density at radius 1 is 1.14 bits per heavy atom. The van der Waals surface area contributed by atoms with Crippen molar-refractivity contribution >= 4 is 17.5 Å². The molecular formula is C21H25FN6O. The van der Waals surface area contributed by atoms with E-state index >= 15 is 0 Å². The van der Waals surface area contributed by atoms with Gasteiger partial charge in [-0.25, -0.2) is 9.37 Å². The van der Waals surface area contributed by atoms with Gasteiger partial charge in [0.05, 0.1) is 12.8 Å². The first-order valence-electron chi connectivity index (χ1n) is 9.34. The average molecular weight is 396 g/mol. The Morgan fingerprint density at radius 2 is 2.00 bits per heavy atom. The fourth-order valence-corrected chi connectivity index (χ4v) is 2.74. The molecule has 0 aliphatic carbocycles. The molecule has 0 saturated heterocycles. The lowest BCUT2D eigenvalue weighted by Crippen LogP contribution is -2.17. The molecule has 2 aromatic heterocycles. The number of rotatable bonds is 9. The Kier molecular flexibility index (Phi) is 6.91. The minimum absolute atomic E-state index is 0.192. The number of halogens is 1. The minimum Gasteiger partial charge on any atom is -0.494 e. The maximum Gasteiger partial charge on any atom is 0.225 e. The van der Waals surface area contributed by atoms with Crippen LogP contribution in [-0.2, 0) is 0 Å². The van der Waals surface area contributed by atoms with Gasteiger partial charge in [-0.1, -0.05) is 0 Å². The van der Waals surface area contributed by atoms with E-state index in [0.29, 0.717) is 17.5 Å². The summed E-state index contributed by atoms with van der Waals surface area (Å²) in [6.07, 6.45) is 4.42. The fraction of sp³-hybridized carbons (Fsp3) is 0.286. The first-order chi connectivity index (χ1) is 14.0. The van der Waals surface area contributed by atoms with E-state index in [1.54, 1.807) is 24.5 Å². The third-order valence-corrected chi connectivity index (χ3v) is 4.17. The number of aromatic nitrogens is 3. The van der Waals surface area contributed by atoms with Gasteiger partial charge in [0.25, 0.3) is 0 Å². The summed E-state index contributed by atoms with van der Waals surface area (Å²) in [7, 11) is 5.51. The lowest BCUT2D eigenvalue weighted by atomic mass is 10.2. The molecule has 2 heterocycles. The highest BCUT2D eigenvalue weighted by Gasteiger charge is 2.09. The summed E-state index contributed by atoms with van der Waals surface area (Å²) >= 11 is 0. The van der Waals surface area contributed by atoms with Crippen molar-refractivity contribution in [1.29, 1.82) is 0 Å². The standard InChI is InChI=1S/C21H25FN6O/c1-28(2)11-5-10-24-21-26-18(15-6-4-9-23-14-15)13-20(27-21)25-16-7-8-19(29-3)17(22)12-16/h4,6-9,12-14H,5,10-11H2,1-3H3,(H2,24,25,26,27). The predicted octanol–water partition coefficient (Wildman–Crippen LogP) is 3.79. The summed E-state index contributed by atoms with van der Waals surface area (Å²) in [6.45, 7) is 1.71. The van der Waals surface area contributed by atoms with Crippen LogP contribution in [0.5, 0.6) is 5.75 Å². The quantitative estimate of drug-likeness (QED) is 0.533. The van der Waals surface area contributed by atoms with Gasteiger partial charge in [-0.15, -0.1) is 0 Å². The molecule has 0 atom stereocenters. The number of nitrogens with one attached hydrogen (secondary N) is 2. The van der Waals surface area contributed by atoms with Gasteiger partial charge in [0.1, 0.15) is 5.82 Å². The second-order valence-electron chi connectivity index (χ2n) is 6.76. The second kappa shape index (κ2) is 9.79. The van der Waals surface area contributed by atoms with Crippen molar-refractivity contribution in [2.75, 3.05) is 44.9 Å². The van der Waals surface area contributed by atoms with E-state index in [2.05, 4.69) is 30.5 Å². The Morgan fingerprint density at radius 3 is 2.69 bits per heavy atom. The molecule has 0 fully saturated rings. The number of ether oxygens (including phenoxy) is 1. The van der Waals surface area contributed by atoms with Crippen LogP contribution in [0.15, 0.2) is 48.8 Å². The highest BCUT2D eigenvalue weighted by atomic mass is 19.1. The van der Waals surface area contributed by atoms with Crippen molar-refractivity contribution in [2.24, 2.45) is 0 Å². The number of anilines is 3. The lowest BCUT2D eigenvalue weighted by Gasteiger charge is -2.13. The zero-order valence-corrected chi connectivity index (χ0v) is 16.8. The molecule has 0 bridgehead atoms. The molecule has 7 nitrogen and oxygen atoms in total. The van der Waals surface area contributed by atoms with Gasteiger partial charge in [-0.05, 0) is 51.3 Å². The SMILES string of the molecule is COc1ccc(Nc2cc(-c3cccnc3)nc(NCCCN(C)C)n2)cc1F. The molecule has 0 spiro atoms. The third-order valence-electron chi connectivity index (χ3n) is 4.17. The molecule has 2 N–H and O–H groups in total. The molecule has 1 aromatic carbocycles. The zero-order valence-electron chi connectivity index (χ0n) is 16.8. The summed E-state index contributed by atoms with van der Waals surface area (Å²) in [5, 5.41) is 6.40. The van der Waals surface area contributed by atoms with Gasteiger partial charge < -0.3 is 20.3 Å². The number of nitrogens with zero attached hydrogens (tertiary/aromatic N) is 4. The molecule has 29 heavy (non-hydrogen) atoms. The largest absolute Gasteiger partial charge is 0.494 e. The monoisotopic (exact) mass is 396 g/mol. The van der Waals surface area contributed by atoms with E-state index in [0.717, 1.165) is 30.8 Å². The van der Waals surface area contributed by atoms with Crippen LogP contribution in [-0.4, -0.2) is 54.1 Å². The Balaban J connectivity index is 1.84. The number of hydrogen-bond donors (Lipinski definition) is 2. The molecule has 0 aliphatic rings. The van der Waals surface area contributed by atoms with Crippen molar-refractivity contribution in [2.45, 2.75) is 6.42 Å². The Hall–Kier alpha value is -3.26. The Labute approximate surface area is 170 Å². The highest BCUT2D eigenvalue weighted by molar-refractivity contribution is 5.67.